The molecule has 0 aromatic carbocycles. The first kappa shape index (κ1) is 11.5. The van der Waals surface area contributed by atoms with E-state index in [2.05, 4.69) is 15.1 Å². The number of imidazole rings is 1. The molecule has 3 heterocycles. The molecule has 0 N–H and O–H groups in total. The van der Waals surface area contributed by atoms with Gasteiger partial charge in [0, 0.05) is 19.3 Å². The molecule has 0 unspecified atom stereocenters. The maximum atomic E-state index is 5.05. The maximum Gasteiger partial charge on any atom is 0.213 e. The highest BCUT2D eigenvalue weighted by Gasteiger charge is 2.10. The molecular weight excluding hydrogens is 242 g/mol. The number of hydrogen-bond acceptors (Lipinski definition) is 4. The van der Waals surface area contributed by atoms with E-state index in [-0.39, 0.29) is 0 Å². The molecule has 0 spiro atoms. The number of rotatable bonds is 3. The van der Waals surface area contributed by atoms with E-state index >= 15 is 0 Å². The van der Waals surface area contributed by atoms with Crippen LogP contribution in [-0.2, 0) is 7.05 Å². The fourth-order valence-electron chi connectivity index (χ4n) is 1.87. The predicted molar refractivity (Wildman–Crippen MR) is 70.1 cm³/mol. The molecule has 0 bridgehead atoms. The van der Waals surface area contributed by atoms with Gasteiger partial charge in [-0.1, -0.05) is 0 Å². The second-order valence-electron chi connectivity index (χ2n) is 4.11. The minimum Gasteiger partial charge on any atom is -0.481 e. The number of ether oxygens (including phenoxy) is 1. The molecule has 6 heteroatoms. The van der Waals surface area contributed by atoms with E-state index in [1.54, 1.807) is 36.6 Å². The summed E-state index contributed by atoms with van der Waals surface area (Å²) in [5.74, 6) is 0.579. The molecule has 0 atom stereocenters. The smallest absolute Gasteiger partial charge is 0.213 e. The van der Waals surface area contributed by atoms with E-state index < -0.39 is 0 Å². The second kappa shape index (κ2) is 4.56. The van der Waals surface area contributed by atoms with Crippen LogP contribution in [0.25, 0.3) is 17.1 Å². The monoisotopic (exact) mass is 255 g/mol. The van der Waals surface area contributed by atoms with Gasteiger partial charge in [0.25, 0.3) is 0 Å². The van der Waals surface area contributed by atoms with E-state index in [9.17, 15) is 0 Å². The van der Waals surface area contributed by atoms with Crippen LogP contribution >= 0.6 is 0 Å². The number of pyridine rings is 1. The van der Waals surface area contributed by atoms with E-state index in [1.807, 2.05) is 29.9 Å². The third kappa shape index (κ3) is 2.08. The lowest BCUT2D eigenvalue weighted by Crippen LogP contribution is -2.00. The fourth-order valence-corrected chi connectivity index (χ4v) is 1.87. The van der Waals surface area contributed by atoms with Crippen LogP contribution in [0.3, 0.4) is 0 Å². The number of nitrogens with zero attached hydrogens (tertiary/aromatic N) is 5. The Morgan fingerprint density at radius 3 is 2.68 bits per heavy atom. The van der Waals surface area contributed by atoms with Crippen LogP contribution in [0.1, 0.15) is 0 Å². The molecule has 0 aliphatic heterocycles. The van der Waals surface area contributed by atoms with Gasteiger partial charge in [0.2, 0.25) is 5.88 Å². The molecule has 0 saturated carbocycles. The molecule has 0 saturated heterocycles. The van der Waals surface area contributed by atoms with Crippen molar-refractivity contribution in [1.82, 2.24) is 24.3 Å². The highest BCUT2D eigenvalue weighted by molar-refractivity contribution is 5.56. The summed E-state index contributed by atoms with van der Waals surface area (Å²) >= 11 is 0. The van der Waals surface area contributed by atoms with Gasteiger partial charge < -0.3 is 9.30 Å². The summed E-state index contributed by atoms with van der Waals surface area (Å²) in [5.41, 5.74) is 2.66. The second-order valence-corrected chi connectivity index (χ2v) is 4.11. The maximum absolute atomic E-state index is 5.05. The topological polar surface area (TPSA) is 57.8 Å². The van der Waals surface area contributed by atoms with Gasteiger partial charge in [-0.3, -0.25) is 0 Å². The minimum absolute atomic E-state index is 0.579. The molecular formula is C13H13N5O. The minimum atomic E-state index is 0.579. The lowest BCUT2D eigenvalue weighted by molar-refractivity contribution is 0.397. The zero-order chi connectivity index (χ0) is 13.2. The molecule has 6 nitrogen and oxygen atoms in total. The summed E-state index contributed by atoms with van der Waals surface area (Å²) in [6.45, 7) is 0. The first-order valence-corrected chi connectivity index (χ1v) is 5.81. The standard InChI is InChI=1S/C13H13N5O/c1-17-8-11(15-9-17)12-5-6-16-18(12)10-3-4-13(19-2)14-7-10/h3-9H,1-2H3. The molecule has 0 fully saturated rings. The largest absolute Gasteiger partial charge is 0.481 e. The molecule has 0 amide bonds. The molecule has 3 aromatic rings. The third-order valence-corrected chi connectivity index (χ3v) is 2.78. The highest BCUT2D eigenvalue weighted by Crippen LogP contribution is 2.20. The molecule has 3 rings (SSSR count). The highest BCUT2D eigenvalue weighted by atomic mass is 16.5. The normalized spacial score (nSPS) is 10.6. The van der Waals surface area contributed by atoms with Crippen LogP contribution in [0, 0.1) is 0 Å². The van der Waals surface area contributed by atoms with Crippen molar-refractivity contribution in [3.8, 4) is 23.0 Å². The Labute approximate surface area is 110 Å². The van der Waals surface area contributed by atoms with Gasteiger partial charge in [-0.2, -0.15) is 5.10 Å². The molecule has 0 aliphatic carbocycles. The Kier molecular flexibility index (Phi) is 2.75. The van der Waals surface area contributed by atoms with E-state index in [1.165, 1.54) is 0 Å². The van der Waals surface area contributed by atoms with Crippen molar-refractivity contribution >= 4 is 0 Å². The Morgan fingerprint density at radius 2 is 2.05 bits per heavy atom. The quantitative estimate of drug-likeness (QED) is 0.714. The van der Waals surface area contributed by atoms with Crippen molar-refractivity contribution in [2.75, 3.05) is 7.11 Å². The van der Waals surface area contributed by atoms with E-state index in [0.717, 1.165) is 17.1 Å². The van der Waals surface area contributed by atoms with Gasteiger partial charge in [-0.05, 0) is 12.1 Å². The van der Waals surface area contributed by atoms with Crippen LogP contribution < -0.4 is 4.74 Å². The van der Waals surface area contributed by atoms with Gasteiger partial charge in [0.1, 0.15) is 5.69 Å². The Hall–Kier alpha value is -2.63. The van der Waals surface area contributed by atoms with Crippen LogP contribution in [0.15, 0.2) is 43.1 Å². The van der Waals surface area contributed by atoms with Gasteiger partial charge in [-0.15, -0.1) is 0 Å². The van der Waals surface area contributed by atoms with E-state index in [0.29, 0.717) is 5.88 Å². The molecule has 0 radical (unpaired) electrons. The fraction of sp³-hybridized carbons (Fsp3) is 0.154. The van der Waals surface area contributed by atoms with Gasteiger partial charge in [0.15, 0.2) is 0 Å². The summed E-state index contributed by atoms with van der Waals surface area (Å²) in [6, 6.07) is 5.64. The zero-order valence-electron chi connectivity index (χ0n) is 10.7. The van der Waals surface area contributed by atoms with Crippen molar-refractivity contribution in [3.05, 3.63) is 43.1 Å². The van der Waals surface area contributed by atoms with Gasteiger partial charge in [-0.25, -0.2) is 14.6 Å². The van der Waals surface area contributed by atoms with Crippen molar-refractivity contribution in [1.29, 1.82) is 0 Å². The predicted octanol–water partition coefficient (Wildman–Crippen LogP) is 1.68. The van der Waals surface area contributed by atoms with Crippen molar-refractivity contribution in [3.63, 3.8) is 0 Å². The Balaban J connectivity index is 2.03. The van der Waals surface area contributed by atoms with Crippen molar-refractivity contribution in [2.45, 2.75) is 0 Å². The number of hydrogen-bond donors (Lipinski definition) is 0. The van der Waals surface area contributed by atoms with Crippen molar-refractivity contribution < 1.29 is 4.74 Å². The summed E-state index contributed by atoms with van der Waals surface area (Å²) < 4.78 is 8.75. The first-order valence-electron chi connectivity index (χ1n) is 5.81. The summed E-state index contributed by atoms with van der Waals surface area (Å²) in [4.78, 5) is 8.52. The average Bonchev–Trinajstić information content (AvgIpc) is 3.07. The lowest BCUT2D eigenvalue weighted by Gasteiger charge is -2.06. The number of aromatic nitrogens is 5. The van der Waals surface area contributed by atoms with Crippen LogP contribution in [-0.4, -0.2) is 31.4 Å². The van der Waals surface area contributed by atoms with Gasteiger partial charge in [0.05, 0.1) is 37.2 Å². The Morgan fingerprint density at radius 1 is 1.16 bits per heavy atom. The lowest BCUT2D eigenvalue weighted by atomic mass is 10.3. The van der Waals surface area contributed by atoms with Crippen LogP contribution in [0.5, 0.6) is 5.88 Å². The number of aryl methyl sites for hydroxylation is 1. The van der Waals surface area contributed by atoms with Gasteiger partial charge >= 0.3 is 0 Å². The molecule has 3 aromatic heterocycles. The number of methoxy groups -OCH3 is 1. The molecule has 0 aliphatic rings. The SMILES string of the molecule is COc1ccc(-n2nccc2-c2cn(C)cn2)cn1. The zero-order valence-corrected chi connectivity index (χ0v) is 10.7. The summed E-state index contributed by atoms with van der Waals surface area (Å²) in [7, 11) is 3.53. The molecule has 19 heavy (non-hydrogen) atoms. The summed E-state index contributed by atoms with van der Waals surface area (Å²) in [5, 5.41) is 4.31. The first-order chi connectivity index (χ1) is 9.28. The van der Waals surface area contributed by atoms with Crippen LogP contribution in [0.4, 0.5) is 0 Å². The van der Waals surface area contributed by atoms with Crippen molar-refractivity contribution in [2.24, 2.45) is 7.05 Å². The van der Waals surface area contributed by atoms with Crippen LogP contribution in [0.2, 0.25) is 0 Å². The molecule has 96 valence electrons. The Bertz CT molecular complexity index is 683. The van der Waals surface area contributed by atoms with E-state index in [4.69, 9.17) is 4.74 Å². The third-order valence-electron chi connectivity index (χ3n) is 2.78. The summed E-state index contributed by atoms with van der Waals surface area (Å²) in [6.07, 6.45) is 7.18. The average molecular weight is 255 g/mol.